The summed E-state index contributed by atoms with van der Waals surface area (Å²) in [5.74, 6) is 0. The third-order valence-corrected chi connectivity index (χ3v) is 7.97. The second-order valence-electron chi connectivity index (χ2n) is 10.6. The van der Waals surface area contributed by atoms with Crippen LogP contribution in [0, 0.1) is 0 Å². The van der Waals surface area contributed by atoms with E-state index in [0.29, 0.717) is 0 Å². The molecule has 0 atom stereocenters. The van der Waals surface area contributed by atoms with Gasteiger partial charge in [-0.15, -0.1) is 0 Å². The fraction of sp³-hybridized carbons (Fsp3) is 0. The van der Waals surface area contributed by atoms with Crippen molar-refractivity contribution in [3.05, 3.63) is 175 Å². The van der Waals surface area contributed by atoms with Crippen LogP contribution in [0.2, 0.25) is 5.02 Å². The van der Waals surface area contributed by atoms with E-state index in [0.717, 1.165) is 60.9 Å². The largest absolute Gasteiger partial charge is 0.248 e. The Kier molecular flexibility index (Phi) is 7.40. The zero-order valence-electron chi connectivity index (χ0n) is 23.5. The maximum atomic E-state index is 6.28. The SMILES string of the molecule is Clc1cccc(-c2cccc(-c3cccc(-c4cc(-c5ccc(-c6ccccc6)cc5)cc(-c5ccccc5)n4)c3)c2)c1. The van der Waals surface area contributed by atoms with E-state index >= 15 is 0 Å². The molecule has 0 fully saturated rings. The zero-order chi connectivity index (χ0) is 29.0. The molecular formula is C41H28ClN. The Balaban J connectivity index is 1.29. The van der Waals surface area contributed by atoms with Crippen molar-refractivity contribution in [3.63, 3.8) is 0 Å². The molecule has 1 heterocycles. The Hall–Kier alpha value is -5.24. The van der Waals surface area contributed by atoms with Gasteiger partial charge in [-0.1, -0.05) is 145 Å². The lowest BCUT2D eigenvalue weighted by molar-refractivity contribution is 1.32. The highest BCUT2D eigenvalue weighted by Gasteiger charge is 2.11. The Morgan fingerprint density at radius 2 is 0.674 bits per heavy atom. The lowest BCUT2D eigenvalue weighted by atomic mass is 9.95. The molecule has 7 rings (SSSR count). The Morgan fingerprint density at radius 3 is 1.26 bits per heavy atom. The van der Waals surface area contributed by atoms with Gasteiger partial charge >= 0.3 is 0 Å². The van der Waals surface area contributed by atoms with E-state index in [9.17, 15) is 0 Å². The number of hydrogen-bond acceptors (Lipinski definition) is 1. The minimum absolute atomic E-state index is 0.736. The third kappa shape index (κ3) is 5.90. The van der Waals surface area contributed by atoms with Gasteiger partial charge in [0.25, 0.3) is 0 Å². The Morgan fingerprint density at radius 1 is 0.279 bits per heavy atom. The summed E-state index contributed by atoms with van der Waals surface area (Å²) >= 11 is 6.28. The molecule has 6 aromatic carbocycles. The van der Waals surface area contributed by atoms with Crippen molar-refractivity contribution < 1.29 is 0 Å². The van der Waals surface area contributed by atoms with Crippen LogP contribution >= 0.6 is 11.6 Å². The minimum Gasteiger partial charge on any atom is -0.248 e. The van der Waals surface area contributed by atoms with Crippen LogP contribution in [0.15, 0.2) is 170 Å². The average molecular weight is 570 g/mol. The van der Waals surface area contributed by atoms with E-state index in [1.165, 1.54) is 11.1 Å². The lowest BCUT2D eigenvalue weighted by Crippen LogP contribution is -1.92. The molecule has 0 saturated carbocycles. The summed E-state index contributed by atoms with van der Waals surface area (Å²) in [7, 11) is 0. The van der Waals surface area contributed by atoms with Crippen molar-refractivity contribution in [3.8, 4) is 67.0 Å². The molecule has 43 heavy (non-hydrogen) atoms. The van der Waals surface area contributed by atoms with Crippen LogP contribution in [0.5, 0.6) is 0 Å². The Bertz CT molecular complexity index is 2010. The molecule has 0 aliphatic carbocycles. The molecule has 0 aliphatic heterocycles. The number of pyridine rings is 1. The summed E-state index contributed by atoms with van der Waals surface area (Å²) in [5.41, 5.74) is 13.3. The topological polar surface area (TPSA) is 12.9 Å². The molecule has 0 aliphatic rings. The number of hydrogen-bond donors (Lipinski definition) is 0. The van der Waals surface area contributed by atoms with Gasteiger partial charge in [-0.25, -0.2) is 4.98 Å². The first-order valence-electron chi connectivity index (χ1n) is 14.4. The van der Waals surface area contributed by atoms with Crippen LogP contribution in [-0.4, -0.2) is 4.98 Å². The zero-order valence-corrected chi connectivity index (χ0v) is 24.2. The van der Waals surface area contributed by atoms with Gasteiger partial charge < -0.3 is 0 Å². The molecule has 0 saturated heterocycles. The maximum absolute atomic E-state index is 6.28. The molecule has 204 valence electrons. The first-order valence-corrected chi connectivity index (χ1v) is 14.8. The summed E-state index contributed by atoms with van der Waals surface area (Å²) in [6.45, 7) is 0. The van der Waals surface area contributed by atoms with Crippen LogP contribution < -0.4 is 0 Å². The van der Waals surface area contributed by atoms with E-state index in [4.69, 9.17) is 16.6 Å². The molecule has 0 amide bonds. The van der Waals surface area contributed by atoms with Crippen molar-refractivity contribution in [2.45, 2.75) is 0 Å². The van der Waals surface area contributed by atoms with Gasteiger partial charge in [-0.3, -0.25) is 0 Å². The van der Waals surface area contributed by atoms with Crippen LogP contribution in [-0.2, 0) is 0 Å². The van der Waals surface area contributed by atoms with E-state index in [2.05, 4.69) is 140 Å². The number of nitrogens with zero attached hydrogens (tertiary/aromatic N) is 1. The molecule has 0 N–H and O–H groups in total. The second-order valence-corrected chi connectivity index (χ2v) is 11.0. The average Bonchev–Trinajstić information content (AvgIpc) is 3.09. The summed E-state index contributed by atoms with van der Waals surface area (Å²) in [6.07, 6.45) is 0. The molecule has 0 spiro atoms. The van der Waals surface area contributed by atoms with Crippen molar-refractivity contribution >= 4 is 11.6 Å². The molecule has 1 nitrogen and oxygen atoms in total. The highest BCUT2D eigenvalue weighted by atomic mass is 35.5. The molecule has 0 radical (unpaired) electrons. The Labute approximate surface area is 257 Å². The highest BCUT2D eigenvalue weighted by molar-refractivity contribution is 6.30. The van der Waals surface area contributed by atoms with Crippen molar-refractivity contribution in [2.75, 3.05) is 0 Å². The summed E-state index contributed by atoms with van der Waals surface area (Å²) in [6, 6.07) is 59.3. The van der Waals surface area contributed by atoms with Crippen molar-refractivity contribution in [1.82, 2.24) is 4.98 Å². The van der Waals surface area contributed by atoms with Gasteiger partial charge in [-0.2, -0.15) is 0 Å². The fourth-order valence-corrected chi connectivity index (χ4v) is 5.68. The quantitative estimate of drug-likeness (QED) is 0.194. The molecular weight excluding hydrogens is 542 g/mol. The summed E-state index contributed by atoms with van der Waals surface area (Å²) < 4.78 is 0. The van der Waals surface area contributed by atoms with Crippen LogP contribution in [0.3, 0.4) is 0 Å². The summed E-state index contributed by atoms with van der Waals surface area (Å²) in [4.78, 5) is 5.16. The fourth-order valence-electron chi connectivity index (χ4n) is 5.49. The number of aromatic nitrogens is 1. The lowest BCUT2D eigenvalue weighted by Gasteiger charge is -2.12. The maximum Gasteiger partial charge on any atom is 0.0715 e. The monoisotopic (exact) mass is 569 g/mol. The van der Waals surface area contributed by atoms with Crippen molar-refractivity contribution in [2.24, 2.45) is 0 Å². The smallest absolute Gasteiger partial charge is 0.0715 e. The number of benzene rings is 6. The van der Waals surface area contributed by atoms with Gasteiger partial charge in [0.05, 0.1) is 11.4 Å². The summed E-state index contributed by atoms with van der Waals surface area (Å²) in [5, 5.41) is 0.736. The molecule has 1 aromatic heterocycles. The van der Waals surface area contributed by atoms with Gasteiger partial charge in [0.2, 0.25) is 0 Å². The highest BCUT2D eigenvalue weighted by Crippen LogP contribution is 2.34. The van der Waals surface area contributed by atoms with E-state index in [1.54, 1.807) is 0 Å². The normalized spacial score (nSPS) is 10.9. The molecule has 2 heteroatoms. The molecule has 0 unspecified atom stereocenters. The first kappa shape index (κ1) is 26.6. The van der Waals surface area contributed by atoms with Gasteiger partial charge in [-0.05, 0) is 80.9 Å². The van der Waals surface area contributed by atoms with Gasteiger partial charge in [0.1, 0.15) is 0 Å². The standard InChI is InChI=1S/C41H28ClN/c42-39-19-9-17-36(26-39)34-15-7-14-33(24-34)35-16-8-18-37(25-35)41-28-38(27-40(43-41)32-12-5-2-6-13-32)31-22-20-30(21-23-31)29-10-3-1-4-11-29/h1-28H. The second kappa shape index (κ2) is 11.9. The minimum atomic E-state index is 0.736. The van der Waals surface area contributed by atoms with E-state index in [-0.39, 0.29) is 0 Å². The van der Waals surface area contributed by atoms with Gasteiger partial charge in [0, 0.05) is 16.1 Å². The van der Waals surface area contributed by atoms with E-state index in [1.807, 2.05) is 30.3 Å². The van der Waals surface area contributed by atoms with Crippen LogP contribution in [0.4, 0.5) is 0 Å². The van der Waals surface area contributed by atoms with E-state index < -0.39 is 0 Å². The molecule has 0 bridgehead atoms. The van der Waals surface area contributed by atoms with Crippen LogP contribution in [0.1, 0.15) is 0 Å². The number of rotatable bonds is 6. The van der Waals surface area contributed by atoms with Gasteiger partial charge in [0.15, 0.2) is 0 Å². The molecule has 7 aromatic rings. The third-order valence-electron chi connectivity index (χ3n) is 7.73. The van der Waals surface area contributed by atoms with Crippen molar-refractivity contribution in [1.29, 1.82) is 0 Å². The predicted molar refractivity (Wildman–Crippen MR) is 182 cm³/mol. The number of halogens is 1. The van der Waals surface area contributed by atoms with Crippen LogP contribution in [0.25, 0.3) is 67.0 Å². The first-order chi connectivity index (χ1) is 21.2. The predicted octanol–water partition coefficient (Wildman–Crippen LogP) is 11.7.